The third-order valence-electron chi connectivity index (χ3n) is 5.69. The average molecular weight is 428 g/mol. The largest absolute Gasteiger partial charge is 0.360 e. The van der Waals surface area contributed by atoms with Crippen LogP contribution in [0.4, 0.5) is 10.2 Å². The number of benzene rings is 2. The normalized spacial score (nSPS) is 12.4. The molecule has 2 aromatic carbocycles. The highest BCUT2D eigenvalue weighted by Crippen LogP contribution is 2.27. The Morgan fingerprint density at radius 2 is 1.94 bits per heavy atom. The third kappa shape index (κ3) is 3.20. The predicted molar refractivity (Wildman–Crippen MR) is 123 cm³/mol. The molecule has 5 rings (SSSR count). The van der Waals surface area contributed by atoms with Gasteiger partial charge in [0.25, 0.3) is 5.56 Å². The van der Waals surface area contributed by atoms with Gasteiger partial charge in [-0.1, -0.05) is 18.2 Å². The molecule has 3 heterocycles. The number of fused-ring (bicyclic) bond motifs is 2. The van der Waals surface area contributed by atoms with E-state index in [4.69, 9.17) is 0 Å². The van der Waals surface area contributed by atoms with Gasteiger partial charge in [-0.2, -0.15) is 0 Å². The van der Waals surface area contributed by atoms with Crippen LogP contribution in [0.3, 0.4) is 0 Å². The van der Waals surface area contributed by atoms with Crippen LogP contribution in [0.15, 0.2) is 59.9 Å². The molecule has 1 atom stereocenters. The number of aromatic amines is 1. The Hall–Kier alpha value is -4.07. The molecule has 7 nitrogen and oxygen atoms in total. The van der Waals surface area contributed by atoms with Crippen molar-refractivity contribution in [2.45, 2.75) is 26.8 Å². The summed E-state index contributed by atoms with van der Waals surface area (Å²) in [4.78, 5) is 29.4. The predicted octanol–water partition coefficient (Wildman–Crippen LogP) is 4.59. The van der Waals surface area contributed by atoms with Crippen molar-refractivity contribution in [1.29, 1.82) is 0 Å². The maximum atomic E-state index is 14.3. The standard InChI is InChI=1S/C24H21FN6O/c1-13-5-4-6-17(9-13)31-19(10-16-7-8-18(25)14(2)20(16)24(31)32)15(3)30-23-21-22(27-11-26-21)28-12-29-23/h4-12,15H,1-3H3,(H2,26,27,28,29,30)/t15-/m0/s1. The molecule has 0 amide bonds. The Kier molecular flexibility index (Phi) is 4.70. The second kappa shape index (κ2) is 7.56. The molecule has 0 bridgehead atoms. The minimum Gasteiger partial charge on any atom is -0.360 e. The zero-order valence-corrected chi connectivity index (χ0v) is 17.8. The summed E-state index contributed by atoms with van der Waals surface area (Å²) in [7, 11) is 0. The van der Waals surface area contributed by atoms with Crippen LogP contribution in [-0.2, 0) is 0 Å². The molecule has 160 valence electrons. The lowest BCUT2D eigenvalue weighted by atomic mass is 10.0. The second-order valence-corrected chi connectivity index (χ2v) is 7.87. The molecule has 3 aromatic heterocycles. The van der Waals surface area contributed by atoms with Crippen LogP contribution in [0.25, 0.3) is 27.6 Å². The molecule has 0 aliphatic heterocycles. The quantitative estimate of drug-likeness (QED) is 0.437. The number of aromatic nitrogens is 5. The lowest BCUT2D eigenvalue weighted by Crippen LogP contribution is -2.26. The van der Waals surface area contributed by atoms with Gasteiger partial charge in [-0.15, -0.1) is 0 Å². The van der Waals surface area contributed by atoms with Gasteiger partial charge in [0.05, 0.1) is 17.8 Å². The maximum absolute atomic E-state index is 14.3. The van der Waals surface area contributed by atoms with Crippen LogP contribution in [0.1, 0.15) is 29.8 Å². The first-order valence-electron chi connectivity index (χ1n) is 10.3. The van der Waals surface area contributed by atoms with Crippen LogP contribution < -0.4 is 10.9 Å². The number of rotatable bonds is 4. The van der Waals surface area contributed by atoms with Gasteiger partial charge in [0.1, 0.15) is 17.7 Å². The summed E-state index contributed by atoms with van der Waals surface area (Å²) in [6.45, 7) is 5.56. The smallest absolute Gasteiger partial charge is 0.263 e. The summed E-state index contributed by atoms with van der Waals surface area (Å²) in [5.74, 6) is 0.186. The van der Waals surface area contributed by atoms with Gasteiger partial charge in [0.2, 0.25) is 0 Å². The summed E-state index contributed by atoms with van der Waals surface area (Å²) >= 11 is 0. The van der Waals surface area contributed by atoms with E-state index in [1.54, 1.807) is 23.9 Å². The molecular formula is C24H21FN6O. The molecule has 0 aliphatic carbocycles. The number of pyridine rings is 1. The van der Waals surface area contributed by atoms with Crippen molar-refractivity contribution in [2.24, 2.45) is 0 Å². The fraction of sp³-hybridized carbons (Fsp3) is 0.167. The average Bonchev–Trinajstić information content (AvgIpc) is 3.26. The zero-order chi connectivity index (χ0) is 22.4. The maximum Gasteiger partial charge on any atom is 0.263 e. The molecule has 2 N–H and O–H groups in total. The van der Waals surface area contributed by atoms with Crippen LogP contribution in [0.5, 0.6) is 0 Å². The van der Waals surface area contributed by atoms with E-state index in [2.05, 4.69) is 25.3 Å². The summed E-state index contributed by atoms with van der Waals surface area (Å²) in [6.07, 6.45) is 3.00. The van der Waals surface area contributed by atoms with Gasteiger partial charge in [-0.3, -0.25) is 9.36 Å². The summed E-state index contributed by atoms with van der Waals surface area (Å²) in [5, 5.41) is 4.44. The van der Waals surface area contributed by atoms with Crippen molar-refractivity contribution in [3.8, 4) is 5.69 Å². The van der Waals surface area contributed by atoms with E-state index in [-0.39, 0.29) is 11.6 Å². The van der Waals surface area contributed by atoms with E-state index in [0.29, 0.717) is 33.3 Å². The van der Waals surface area contributed by atoms with Crippen LogP contribution in [0, 0.1) is 19.7 Å². The second-order valence-electron chi connectivity index (χ2n) is 7.87. The highest BCUT2D eigenvalue weighted by atomic mass is 19.1. The highest BCUT2D eigenvalue weighted by molar-refractivity contribution is 5.86. The van der Waals surface area contributed by atoms with E-state index < -0.39 is 5.82 Å². The minimum absolute atomic E-state index is 0.261. The Balaban J connectivity index is 1.74. The van der Waals surface area contributed by atoms with Crippen LogP contribution in [0.2, 0.25) is 0 Å². The van der Waals surface area contributed by atoms with Crippen molar-refractivity contribution < 1.29 is 4.39 Å². The van der Waals surface area contributed by atoms with Crippen molar-refractivity contribution in [2.75, 3.05) is 5.32 Å². The topological polar surface area (TPSA) is 88.5 Å². The number of aryl methyl sites for hydroxylation is 2. The first-order chi connectivity index (χ1) is 15.4. The molecule has 8 heteroatoms. The van der Waals surface area contributed by atoms with Crippen LogP contribution in [-0.4, -0.2) is 24.5 Å². The Morgan fingerprint density at radius 3 is 2.75 bits per heavy atom. The minimum atomic E-state index is -0.396. The number of hydrogen-bond donors (Lipinski definition) is 2. The zero-order valence-electron chi connectivity index (χ0n) is 17.8. The summed E-state index contributed by atoms with van der Waals surface area (Å²) in [5.41, 5.74) is 3.79. The van der Waals surface area contributed by atoms with E-state index >= 15 is 0 Å². The number of imidazole rings is 1. The van der Waals surface area contributed by atoms with Gasteiger partial charge in [-0.25, -0.2) is 19.3 Å². The van der Waals surface area contributed by atoms with E-state index in [0.717, 1.165) is 16.9 Å². The molecule has 32 heavy (non-hydrogen) atoms. The lowest BCUT2D eigenvalue weighted by molar-refractivity contribution is 0.620. The Morgan fingerprint density at radius 1 is 1.09 bits per heavy atom. The van der Waals surface area contributed by atoms with Crippen LogP contribution >= 0.6 is 0 Å². The molecular weight excluding hydrogens is 407 g/mol. The molecule has 0 unspecified atom stereocenters. The molecule has 0 radical (unpaired) electrons. The first kappa shape index (κ1) is 19.9. The van der Waals surface area contributed by atoms with E-state index in [1.165, 1.54) is 12.4 Å². The first-order valence-corrected chi connectivity index (χ1v) is 10.3. The number of nitrogens with zero attached hydrogens (tertiary/aromatic N) is 4. The monoisotopic (exact) mass is 428 g/mol. The highest BCUT2D eigenvalue weighted by Gasteiger charge is 2.20. The molecule has 0 fully saturated rings. The molecule has 0 aliphatic rings. The van der Waals surface area contributed by atoms with Gasteiger partial charge < -0.3 is 10.3 Å². The molecule has 0 saturated carbocycles. The molecule has 0 saturated heterocycles. The van der Waals surface area contributed by atoms with Gasteiger partial charge in [0.15, 0.2) is 11.5 Å². The summed E-state index contributed by atoms with van der Waals surface area (Å²) < 4.78 is 16.0. The van der Waals surface area contributed by atoms with E-state index in [1.807, 2.05) is 44.2 Å². The fourth-order valence-electron chi connectivity index (χ4n) is 4.07. The van der Waals surface area contributed by atoms with Gasteiger partial charge >= 0.3 is 0 Å². The summed E-state index contributed by atoms with van der Waals surface area (Å²) in [6, 6.07) is 12.4. The number of halogens is 1. The third-order valence-corrected chi connectivity index (χ3v) is 5.69. The fourth-order valence-corrected chi connectivity index (χ4v) is 4.07. The van der Waals surface area contributed by atoms with Crippen molar-refractivity contribution in [3.63, 3.8) is 0 Å². The van der Waals surface area contributed by atoms with Crippen molar-refractivity contribution in [1.82, 2.24) is 24.5 Å². The number of H-pyrrole nitrogens is 1. The number of anilines is 1. The van der Waals surface area contributed by atoms with Gasteiger partial charge in [-0.05, 0) is 61.5 Å². The SMILES string of the molecule is Cc1cccc(-n2c([C@H](C)Nc3ncnc4nc[nH]c34)cc3ccc(F)c(C)c3c2=O)c1. The van der Waals surface area contributed by atoms with E-state index in [9.17, 15) is 9.18 Å². The van der Waals surface area contributed by atoms with Crippen molar-refractivity contribution in [3.05, 3.63) is 88.1 Å². The Bertz CT molecular complexity index is 1540. The van der Waals surface area contributed by atoms with Gasteiger partial charge in [0, 0.05) is 11.4 Å². The number of nitrogens with one attached hydrogen (secondary N) is 2. The Labute approximate surface area is 183 Å². The van der Waals surface area contributed by atoms with Crippen molar-refractivity contribution >= 4 is 27.8 Å². The molecule has 5 aromatic rings. The lowest BCUT2D eigenvalue weighted by Gasteiger charge is -2.22. The molecule has 0 spiro atoms. The number of hydrogen-bond acceptors (Lipinski definition) is 5.